The number of ether oxygens (including phenoxy) is 1. The molecule has 170 valence electrons. The lowest BCUT2D eigenvalue weighted by Crippen LogP contribution is -2.41. The van der Waals surface area contributed by atoms with Crippen LogP contribution in [0.25, 0.3) is 0 Å². The fourth-order valence-corrected chi connectivity index (χ4v) is 4.67. The number of hydrogen-bond acceptors (Lipinski definition) is 3. The first-order chi connectivity index (χ1) is 15.7. The zero-order chi connectivity index (χ0) is 22.2. The van der Waals surface area contributed by atoms with Gasteiger partial charge in [0.2, 0.25) is 5.91 Å². The smallest absolute Gasteiger partial charge is 0.253 e. The zero-order valence-electron chi connectivity index (χ0n) is 18.9. The molecule has 0 bridgehead atoms. The minimum absolute atomic E-state index is 0.119. The Morgan fingerprint density at radius 2 is 1.56 bits per heavy atom. The first-order valence-electron chi connectivity index (χ1n) is 12.0. The molecule has 2 fully saturated rings. The Labute approximate surface area is 191 Å². The van der Waals surface area contributed by atoms with Crippen LogP contribution in [-0.4, -0.2) is 54.4 Å². The minimum Gasteiger partial charge on any atom is -0.493 e. The van der Waals surface area contributed by atoms with E-state index in [-0.39, 0.29) is 11.8 Å². The van der Waals surface area contributed by atoms with Crippen LogP contribution in [0.3, 0.4) is 0 Å². The van der Waals surface area contributed by atoms with Crippen LogP contribution in [0.4, 0.5) is 0 Å². The van der Waals surface area contributed by atoms with Crippen LogP contribution >= 0.6 is 0 Å². The number of benzene rings is 2. The molecule has 5 nitrogen and oxygen atoms in total. The summed E-state index contributed by atoms with van der Waals surface area (Å²) < 4.78 is 6.02. The fraction of sp³-hybridized carbons (Fsp3) is 0.481. The number of likely N-dealkylation sites (tertiary alicyclic amines) is 2. The van der Waals surface area contributed by atoms with Gasteiger partial charge in [-0.2, -0.15) is 0 Å². The first-order valence-corrected chi connectivity index (χ1v) is 12.0. The molecule has 0 aliphatic carbocycles. The summed E-state index contributed by atoms with van der Waals surface area (Å²) in [5.41, 5.74) is 1.94. The van der Waals surface area contributed by atoms with E-state index in [1.807, 2.05) is 52.3 Å². The van der Waals surface area contributed by atoms with Crippen LogP contribution in [0.1, 0.15) is 54.4 Å². The van der Waals surface area contributed by atoms with Crippen molar-refractivity contribution in [2.45, 2.75) is 44.9 Å². The van der Waals surface area contributed by atoms with Gasteiger partial charge < -0.3 is 14.5 Å². The molecule has 4 rings (SSSR count). The summed E-state index contributed by atoms with van der Waals surface area (Å²) in [6.45, 7) is 3.93. The van der Waals surface area contributed by atoms with Gasteiger partial charge in [0.1, 0.15) is 5.75 Å². The highest BCUT2D eigenvalue weighted by Gasteiger charge is 2.24. The largest absolute Gasteiger partial charge is 0.493 e. The van der Waals surface area contributed by atoms with Gasteiger partial charge in [-0.1, -0.05) is 30.3 Å². The average Bonchev–Trinajstić information content (AvgIpc) is 2.87. The van der Waals surface area contributed by atoms with Crippen molar-refractivity contribution in [2.75, 3.05) is 32.8 Å². The molecule has 0 radical (unpaired) electrons. The van der Waals surface area contributed by atoms with Crippen LogP contribution in [0.15, 0.2) is 54.6 Å². The summed E-state index contributed by atoms with van der Waals surface area (Å²) in [4.78, 5) is 29.2. The van der Waals surface area contributed by atoms with Crippen molar-refractivity contribution in [3.05, 3.63) is 65.7 Å². The summed E-state index contributed by atoms with van der Waals surface area (Å²) in [5.74, 6) is 1.49. The van der Waals surface area contributed by atoms with E-state index in [0.29, 0.717) is 18.9 Å². The standard InChI is InChI=1S/C27H34N2O3/c30-26(16-11-22-8-3-1-4-9-22)29-19-7-10-23(20-29)21-32-25-14-12-24(13-15-25)27(31)28-17-5-2-6-18-28/h1,3-4,8-9,12-15,23H,2,5-7,10-11,16-21H2. The second kappa shape index (κ2) is 11.2. The Kier molecular flexibility index (Phi) is 7.81. The summed E-state index contributed by atoms with van der Waals surface area (Å²) in [6.07, 6.45) is 6.86. The molecule has 32 heavy (non-hydrogen) atoms. The van der Waals surface area contributed by atoms with Gasteiger partial charge in [0, 0.05) is 44.1 Å². The molecule has 0 spiro atoms. The highest BCUT2D eigenvalue weighted by Crippen LogP contribution is 2.21. The van der Waals surface area contributed by atoms with Gasteiger partial charge in [-0.25, -0.2) is 0 Å². The molecular formula is C27H34N2O3. The summed E-state index contributed by atoms with van der Waals surface area (Å²) in [6, 6.07) is 17.7. The highest BCUT2D eigenvalue weighted by atomic mass is 16.5. The van der Waals surface area contributed by atoms with Crippen molar-refractivity contribution in [3.63, 3.8) is 0 Å². The highest BCUT2D eigenvalue weighted by molar-refractivity contribution is 5.94. The van der Waals surface area contributed by atoms with Crippen LogP contribution in [-0.2, 0) is 11.2 Å². The number of aryl methyl sites for hydroxylation is 1. The van der Waals surface area contributed by atoms with E-state index in [9.17, 15) is 9.59 Å². The van der Waals surface area contributed by atoms with Crippen LogP contribution in [0, 0.1) is 5.92 Å². The van der Waals surface area contributed by atoms with Crippen molar-refractivity contribution < 1.29 is 14.3 Å². The van der Waals surface area contributed by atoms with E-state index < -0.39 is 0 Å². The van der Waals surface area contributed by atoms with Crippen LogP contribution in [0.5, 0.6) is 5.75 Å². The predicted molar refractivity (Wildman–Crippen MR) is 126 cm³/mol. The molecule has 0 aromatic heterocycles. The van der Waals surface area contributed by atoms with E-state index in [2.05, 4.69) is 12.1 Å². The lowest BCUT2D eigenvalue weighted by atomic mass is 9.98. The monoisotopic (exact) mass is 434 g/mol. The zero-order valence-corrected chi connectivity index (χ0v) is 18.9. The molecule has 2 saturated heterocycles. The molecule has 0 saturated carbocycles. The van der Waals surface area contributed by atoms with Gasteiger partial charge in [0.05, 0.1) is 6.61 Å². The van der Waals surface area contributed by atoms with Crippen molar-refractivity contribution in [2.24, 2.45) is 5.92 Å². The van der Waals surface area contributed by atoms with E-state index in [4.69, 9.17) is 4.74 Å². The molecular weight excluding hydrogens is 400 g/mol. The Hall–Kier alpha value is -2.82. The summed E-state index contributed by atoms with van der Waals surface area (Å²) in [7, 11) is 0. The maximum atomic E-state index is 12.7. The van der Waals surface area contributed by atoms with Crippen molar-refractivity contribution >= 4 is 11.8 Å². The van der Waals surface area contributed by atoms with E-state index in [1.54, 1.807) is 0 Å². The normalized spacial score (nSPS) is 18.9. The third-order valence-corrected chi connectivity index (χ3v) is 6.57. The minimum atomic E-state index is 0.119. The molecule has 2 aromatic carbocycles. The van der Waals surface area contributed by atoms with Crippen molar-refractivity contribution in [1.82, 2.24) is 9.80 Å². The van der Waals surface area contributed by atoms with Gasteiger partial charge in [0.15, 0.2) is 0 Å². The maximum absolute atomic E-state index is 12.7. The van der Waals surface area contributed by atoms with Gasteiger partial charge in [-0.15, -0.1) is 0 Å². The summed E-state index contributed by atoms with van der Waals surface area (Å²) >= 11 is 0. The number of nitrogens with zero attached hydrogens (tertiary/aromatic N) is 2. The number of rotatable bonds is 7. The second-order valence-corrected chi connectivity index (χ2v) is 9.02. The second-order valence-electron chi connectivity index (χ2n) is 9.02. The lowest BCUT2D eigenvalue weighted by Gasteiger charge is -2.32. The molecule has 2 aliphatic rings. The molecule has 2 aromatic rings. The number of carbonyl (C=O) groups excluding carboxylic acids is 2. The topological polar surface area (TPSA) is 49.9 Å². The molecule has 2 amide bonds. The molecule has 2 heterocycles. The number of hydrogen-bond donors (Lipinski definition) is 0. The maximum Gasteiger partial charge on any atom is 0.253 e. The number of carbonyl (C=O) groups is 2. The molecule has 1 atom stereocenters. The molecule has 5 heteroatoms. The quantitative estimate of drug-likeness (QED) is 0.642. The van der Waals surface area contributed by atoms with Crippen LogP contribution in [0.2, 0.25) is 0 Å². The first kappa shape index (κ1) is 22.4. The summed E-state index contributed by atoms with van der Waals surface area (Å²) in [5, 5.41) is 0. The van der Waals surface area contributed by atoms with E-state index in [1.165, 1.54) is 12.0 Å². The third-order valence-electron chi connectivity index (χ3n) is 6.57. The number of piperidine rings is 2. The van der Waals surface area contributed by atoms with Crippen molar-refractivity contribution in [3.8, 4) is 5.75 Å². The fourth-order valence-electron chi connectivity index (χ4n) is 4.67. The third kappa shape index (κ3) is 6.12. The van der Waals surface area contributed by atoms with Crippen LogP contribution < -0.4 is 4.74 Å². The van der Waals surface area contributed by atoms with Gasteiger partial charge in [0.25, 0.3) is 5.91 Å². The van der Waals surface area contributed by atoms with E-state index >= 15 is 0 Å². The lowest BCUT2D eigenvalue weighted by molar-refractivity contribution is -0.133. The van der Waals surface area contributed by atoms with Crippen molar-refractivity contribution in [1.29, 1.82) is 0 Å². The Morgan fingerprint density at radius 1 is 0.844 bits per heavy atom. The Bertz CT molecular complexity index is 876. The van der Waals surface area contributed by atoms with E-state index in [0.717, 1.165) is 69.6 Å². The average molecular weight is 435 g/mol. The Morgan fingerprint density at radius 3 is 2.31 bits per heavy atom. The molecule has 1 unspecified atom stereocenters. The SMILES string of the molecule is O=C(CCc1ccccc1)N1CCCC(COc2ccc(C(=O)N3CCCCC3)cc2)C1. The van der Waals surface area contributed by atoms with Gasteiger partial charge >= 0.3 is 0 Å². The number of amides is 2. The Balaban J connectivity index is 1.22. The predicted octanol–water partition coefficient (Wildman–Crippen LogP) is 4.56. The van der Waals surface area contributed by atoms with Gasteiger partial charge in [-0.3, -0.25) is 9.59 Å². The molecule has 2 aliphatic heterocycles. The molecule has 0 N–H and O–H groups in total. The van der Waals surface area contributed by atoms with Gasteiger partial charge in [-0.05, 0) is 68.4 Å².